The molecule has 0 radical (unpaired) electrons. The molecule has 2 amide bonds. The number of carbonyl (C=O) groups is 3. The maximum atomic E-state index is 13.0. The summed E-state index contributed by atoms with van der Waals surface area (Å²) in [4.78, 5) is 37.1. The van der Waals surface area contributed by atoms with Gasteiger partial charge >= 0.3 is 12.1 Å². The van der Waals surface area contributed by atoms with E-state index in [4.69, 9.17) is 4.74 Å². The van der Waals surface area contributed by atoms with Crippen molar-refractivity contribution in [3.8, 4) is 11.1 Å². The van der Waals surface area contributed by atoms with Gasteiger partial charge in [0.15, 0.2) is 0 Å². The largest absolute Gasteiger partial charge is 0.481 e. The fraction of sp³-hybridized carbons (Fsp3) is 0.464. The van der Waals surface area contributed by atoms with E-state index < -0.39 is 24.0 Å². The van der Waals surface area contributed by atoms with Crippen molar-refractivity contribution >= 4 is 18.0 Å². The van der Waals surface area contributed by atoms with Crippen LogP contribution < -0.4 is 10.6 Å². The van der Waals surface area contributed by atoms with Crippen LogP contribution in [0.5, 0.6) is 0 Å². The topological polar surface area (TPSA) is 105 Å². The van der Waals surface area contributed by atoms with Crippen LogP contribution in [0.4, 0.5) is 4.79 Å². The van der Waals surface area contributed by atoms with Crippen molar-refractivity contribution in [1.82, 2.24) is 10.6 Å². The molecule has 7 nitrogen and oxygen atoms in total. The minimum Gasteiger partial charge on any atom is -0.481 e. The monoisotopic (exact) mass is 478 g/mol. The third-order valence-corrected chi connectivity index (χ3v) is 7.03. The summed E-state index contributed by atoms with van der Waals surface area (Å²) in [7, 11) is 0. The normalized spacial score (nSPS) is 20.0. The first-order valence-electron chi connectivity index (χ1n) is 12.5. The molecule has 0 bridgehead atoms. The van der Waals surface area contributed by atoms with Crippen LogP contribution in [0.15, 0.2) is 48.5 Å². The van der Waals surface area contributed by atoms with Gasteiger partial charge in [-0.05, 0) is 53.9 Å². The number of carbonyl (C=O) groups excluding carboxylic acids is 2. The van der Waals surface area contributed by atoms with Crippen molar-refractivity contribution < 1.29 is 24.2 Å². The first-order chi connectivity index (χ1) is 16.8. The second-order valence-electron chi connectivity index (χ2n) is 10.1. The highest BCUT2D eigenvalue weighted by atomic mass is 16.5. The second-order valence-corrected chi connectivity index (χ2v) is 10.1. The molecule has 1 fully saturated rings. The first-order valence-corrected chi connectivity index (χ1v) is 12.5. The van der Waals surface area contributed by atoms with Gasteiger partial charge in [-0.25, -0.2) is 4.79 Å². The van der Waals surface area contributed by atoms with E-state index in [-0.39, 0.29) is 30.4 Å². The van der Waals surface area contributed by atoms with Crippen LogP contribution in [0.3, 0.4) is 0 Å². The Bertz CT molecular complexity index is 1040. The standard InChI is InChI=1S/C28H34N2O5/c1-17(2)14-25(26(31)29-19-9-7-8-18(15-19)27(32)33)30-28(34)35-16-24-22-12-5-3-10-20(22)21-11-4-6-13-23(21)24/h3-6,10-13,17-19,24-25H,7-9,14-16H2,1-2H3,(H,29,31)(H,30,34)(H,32,33)/t18-,19+,25?/m0/s1. The molecule has 186 valence electrons. The number of alkyl carbamates (subject to hydrolysis) is 1. The van der Waals surface area contributed by atoms with Crippen LogP contribution in [0, 0.1) is 11.8 Å². The van der Waals surface area contributed by atoms with Gasteiger partial charge in [-0.2, -0.15) is 0 Å². The lowest BCUT2D eigenvalue weighted by atomic mass is 9.85. The van der Waals surface area contributed by atoms with Crippen molar-refractivity contribution in [2.24, 2.45) is 11.8 Å². The predicted octanol–water partition coefficient (Wildman–Crippen LogP) is 4.70. The highest BCUT2D eigenvalue weighted by Crippen LogP contribution is 2.44. The highest BCUT2D eigenvalue weighted by Gasteiger charge is 2.32. The van der Waals surface area contributed by atoms with Gasteiger partial charge in [0.2, 0.25) is 5.91 Å². The quantitative estimate of drug-likeness (QED) is 0.510. The Kier molecular flexibility index (Phi) is 7.73. The van der Waals surface area contributed by atoms with Gasteiger partial charge in [-0.1, -0.05) is 68.8 Å². The highest BCUT2D eigenvalue weighted by molar-refractivity contribution is 5.86. The third kappa shape index (κ3) is 5.84. The van der Waals surface area contributed by atoms with Crippen LogP contribution in [0.1, 0.15) is 63.0 Å². The number of carboxylic acid groups (broad SMARTS) is 1. The average Bonchev–Trinajstić information content (AvgIpc) is 3.16. The number of hydrogen-bond donors (Lipinski definition) is 3. The van der Waals surface area contributed by atoms with Crippen LogP contribution >= 0.6 is 0 Å². The Balaban J connectivity index is 1.38. The number of ether oxygens (including phenoxy) is 1. The summed E-state index contributed by atoms with van der Waals surface area (Å²) in [6, 6.07) is 15.3. The second kappa shape index (κ2) is 10.9. The van der Waals surface area contributed by atoms with Gasteiger partial charge in [0.1, 0.15) is 12.6 Å². The van der Waals surface area contributed by atoms with E-state index in [1.807, 2.05) is 38.1 Å². The maximum Gasteiger partial charge on any atom is 0.407 e. The van der Waals surface area contributed by atoms with Gasteiger partial charge in [-0.3, -0.25) is 9.59 Å². The summed E-state index contributed by atoms with van der Waals surface area (Å²) in [5, 5.41) is 15.0. The van der Waals surface area contributed by atoms with Crippen molar-refractivity contribution in [3.05, 3.63) is 59.7 Å². The van der Waals surface area contributed by atoms with E-state index in [1.54, 1.807) is 0 Å². The fourth-order valence-electron chi connectivity index (χ4n) is 5.33. The Morgan fingerprint density at radius 3 is 2.23 bits per heavy atom. The van der Waals surface area contributed by atoms with E-state index >= 15 is 0 Å². The molecule has 0 aromatic heterocycles. The molecule has 3 atom stereocenters. The van der Waals surface area contributed by atoms with Gasteiger partial charge < -0.3 is 20.5 Å². The lowest BCUT2D eigenvalue weighted by Crippen LogP contribution is -2.51. The molecule has 1 unspecified atom stereocenters. The number of fused-ring (bicyclic) bond motifs is 3. The third-order valence-electron chi connectivity index (χ3n) is 7.03. The molecule has 2 aromatic rings. The van der Waals surface area contributed by atoms with Crippen LogP contribution in [-0.4, -0.2) is 41.8 Å². The molecule has 35 heavy (non-hydrogen) atoms. The lowest BCUT2D eigenvalue weighted by molar-refractivity contribution is -0.143. The van der Waals surface area contributed by atoms with Gasteiger partial charge in [-0.15, -0.1) is 0 Å². The van der Waals surface area contributed by atoms with Crippen LogP contribution in [0.2, 0.25) is 0 Å². The fourth-order valence-corrected chi connectivity index (χ4v) is 5.33. The molecule has 4 rings (SSSR count). The van der Waals surface area contributed by atoms with E-state index in [2.05, 4.69) is 34.9 Å². The summed E-state index contributed by atoms with van der Waals surface area (Å²) >= 11 is 0. The van der Waals surface area contributed by atoms with Crippen molar-refractivity contribution in [2.75, 3.05) is 6.61 Å². The number of nitrogens with one attached hydrogen (secondary N) is 2. The Morgan fingerprint density at radius 2 is 1.63 bits per heavy atom. The molecule has 0 aliphatic heterocycles. The minimum absolute atomic E-state index is 0.0549. The average molecular weight is 479 g/mol. The van der Waals surface area contributed by atoms with Crippen molar-refractivity contribution in [2.45, 2.75) is 64.0 Å². The van der Waals surface area contributed by atoms with Crippen molar-refractivity contribution in [3.63, 3.8) is 0 Å². The van der Waals surface area contributed by atoms with Crippen LogP contribution in [-0.2, 0) is 14.3 Å². The molecule has 7 heteroatoms. The molecular formula is C28H34N2O5. The molecule has 1 saturated carbocycles. The molecule has 2 aliphatic rings. The Morgan fingerprint density at radius 1 is 1.00 bits per heavy atom. The predicted molar refractivity (Wildman–Crippen MR) is 133 cm³/mol. The smallest absolute Gasteiger partial charge is 0.407 e. The number of rotatable bonds is 8. The van der Waals surface area contributed by atoms with E-state index in [1.165, 1.54) is 0 Å². The Labute approximate surface area is 206 Å². The molecule has 0 heterocycles. The molecule has 2 aromatic carbocycles. The van der Waals surface area contributed by atoms with E-state index in [0.717, 1.165) is 35.1 Å². The number of benzene rings is 2. The zero-order valence-electron chi connectivity index (χ0n) is 20.3. The molecular weight excluding hydrogens is 444 g/mol. The van der Waals surface area contributed by atoms with Gasteiger partial charge in [0, 0.05) is 12.0 Å². The lowest BCUT2D eigenvalue weighted by Gasteiger charge is -2.29. The zero-order valence-corrected chi connectivity index (χ0v) is 20.3. The van der Waals surface area contributed by atoms with Gasteiger partial charge in [0.05, 0.1) is 5.92 Å². The number of carboxylic acids is 1. The molecule has 0 saturated heterocycles. The molecule has 0 spiro atoms. The number of aliphatic carboxylic acids is 1. The minimum atomic E-state index is -0.820. The van der Waals surface area contributed by atoms with E-state index in [9.17, 15) is 19.5 Å². The number of amides is 2. The van der Waals surface area contributed by atoms with Crippen LogP contribution in [0.25, 0.3) is 11.1 Å². The van der Waals surface area contributed by atoms with Gasteiger partial charge in [0.25, 0.3) is 0 Å². The summed E-state index contributed by atoms with van der Waals surface area (Å²) in [5.41, 5.74) is 4.56. The van der Waals surface area contributed by atoms with Crippen molar-refractivity contribution in [1.29, 1.82) is 0 Å². The maximum absolute atomic E-state index is 13.0. The van der Waals surface area contributed by atoms with E-state index in [0.29, 0.717) is 19.3 Å². The zero-order chi connectivity index (χ0) is 24.9. The number of hydrogen-bond acceptors (Lipinski definition) is 4. The SMILES string of the molecule is CC(C)CC(NC(=O)OCC1c2ccccc2-c2ccccc21)C(=O)N[C@@H]1CCC[C@H](C(=O)O)C1. The molecule has 3 N–H and O–H groups in total. The summed E-state index contributed by atoms with van der Waals surface area (Å²) in [5.74, 6) is -1.42. The first kappa shape index (κ1) is 24.8. The summed E-state index contributed by atoms with van der Waals surface area (Å²) in [6.45, 7) is 4.15. The summed E-state index contributed by atoms with van der Waals surface area (Å²) in [6.07, 6.45) is 2.39. The summed E-state index contributed by atoms with van der Waals surface area (Å²) < 4.78 is 5.63. The Hall–Kier alpha value is -3.35. The molecule has 2 aliphatic carbocycles.